The Bertz CT molecular complexity index is 911. The Morgan fingerprint density at radius 2 is 2.00 bits per heavy atom. The number of benzene rings is 2. The van der Waals surface area contributed by atoms with Crippen LogP contribution in [0.5, 0.6) is 5.75 Å². The highest BCUT2D eigenvalue weighted by Crippen LogP contribution is 2.33. The lowest BCUT2D eigenvalue weighted by Crippen LogP contribution is -2.06. The summed E-state index contributed by atoms with van der Waals surface area (Å²) < 4.78 is 5.63. The predicted molar refractivity (Wildman–Crippen MR) is 88.5 cm³/mol. The van der Waals surface area contributed by atoms with Crippen LogP contribution in [-0.4, -0.2) is 5.11 Å². The minimum absolute atomic E-state index is 0.00647. The van der Waals surface area contributed by atoms with Crippen LogP contribution < -0.4 is 5.43 Å². The van der Waals surface area contributed by atoms with Gasteiger partial charge < -0.3 is 9.52 Å². The Morgan fingerprint density at radius 1 is 1.27 bits per heavy atom. The molecule has 3 aromatic rings. The van der Waals surface area contributed by atoms with Gasteiger partial charge in [-0.1, -0.05) is 48.0 Å². The third-order valence-electron chi connectivity index (χ3n) is 3.51. The molecule has 0 radical (unpaired) electrons. The molecule has 0 saturated carbocycles. The molecule has 3 nitrogen and oxygen atoms in total. The van der Waals surface area contributed by atoms with Gasteiger partial charge in [0.25, 0.3) is 0 Å². The van der Waals surface area contributed by atoms with Gasteiger partial charge in [-0.15, -0.1) is 6.58 Å². The Balaban J connectivity index is 2.37. The number of fused-ring (bicyclic) bond motifs is 1. The van der Waals surface area contributed by atoms with Gasteiger partial charge in [0.2, 0.25) is 5.43 Å². The van der Waals surface area contributed by atoms with Crippen LogP contribution in [0.3, 0.4) is 0 Å². The van der Waals surface area contributed by atoms with E-state index in [1.807, 2.05) is 30.3 Å². The number of hydrogen-bond donors (Lipinski definition) is 1. The van der Waals surface area contributed by atoms with E-state index in [4.69, 9.17) is 16.0 Å². The Morgan fingerprint density at radius 3 is 2.68 bits per heavy atom. The zero-order chi connectivity index (χ0) is 15.7. The number of rotatable bonds is 3. The summed E-state index contributed by atoms with van der Waals surface area (Å²) in [5.41, 5.74) is 1.78. The van der Waals surface area contributed by atoms with Crippen LogP contribution in [0.2, 0.25) is 5.02 Å². The van der Waals surface area contributed by atoms with Crippen molar-refractivity contribution in [3.05, 3.63) is 76.1 Å². The number of phenolic OH excluding ortho intramolecular Hbond substituents is 1. The van der Waals surface area contributed by atoms with Crippen molar-refractivity contribution in [2.24, 2.45) is 0 Å². The highest BCUT2D eigenvalue weighted by Gasteiger charge is 2.17. The van der Waals surface area contributed by atoms with Crippen molar-refractivity contribution >= 4 is 22.6 Å². The molecule has 0 saturated heterocycles. The van der Waals surface area contributed by atoms with Crippen molar-refractivity contribution in [3.63, 3.8) is 0 Å². The lowest BCUT2D eigenvalue weighted by Gasteiger charge is -2.09. The van der Waals surface area contributed by atoms with Crippen molar-refractivity contribution in [2.45, 2.75) is 6.42 Å². The van der Waals surface area contributed by atoms with Gasteiger partial charge in [0, 0.05) is 5.56 Å². The second kappa shape index (κ2) is 5.70. The van der Waals surface area contributed by atoms with E-state index < -0.39 is 0 Å². The minimum atomic E-state index is -0.220. The van der Waals surface area contributed by atoms with Crippen molar-refractivity contribution in [2.75, 3.05) is 0 Å². The van der Waals surface area contributed by atoms with Crippen molar-refractivity contribution < 1.29 is 9.52 Å². The molecule has 2 aromatic carbocycles. The van der Waals surface area contributed by atoms with E-state index >= 15 is 0 Å². The third-order valence-corrected chi connectivity index (χ3v) is 3.81. The van der Waals surface area contributed by atoms with Gasteiger partial charge in [0.15, 0.2) is 0 Å². The Hall–Kier alpha value is -2.52. The quantitative estimate of drug-likeness (QED) is 0.722. The molecule has 4 heteroatoms. The second-order valence-electron chi connectivity index (χ2n) is 4.90. The van der Waals surface area contributed by atoms with Crippen molar-refractivity contribution in [3.8, 4) is 16.9 Å². The first-order chi connectivity index (χ1) is 10.6. The second-order valence-corrected chi connectivity index (χ2v) is 5.30. The van der Waals surface area contributed by atoms with Crippen LogP contribution in [0.15, 0.2) is 64.5 Å². The molecule has 0 aliphatic rings. The van der Waals surface area contributed by atoms with E-state index in [1.165, 1.54) is 12.3 Å². The standard InChI is InChI=1S/C18H13ClO3/c1-2-6-12-15(20)9-14(19)16-17(21)13(10-22-18(12)16)11-7-4-3-5-8-11/h2-5,7-10,20H,1,6H2. The summed E-state index contributed by atoms with van der Waals surface area (Å²) in [7, 11) is 0. The molecule has 0 unspecified atom stereocenters. The van der Waals surface area contributed by atoms with Gasteiger partial charge in [-0.25, -0.2) is 0 Å². The van der Waals surface area contributed by atoms with Gasteiger partial charge in [-0.05, 0) is 18.1 Å². The third kappa shape index (κ3) is 2.30. The maximum atomic E-state index is 12.8. The van der Waals surface area contributed by atoms with Crippen molar-refractivity contribution in [1.29, 1.82) is 0 Å². The predicted octanol–water partition coefficient (Wildman–Crippen LogP) is 4.55. The fourth-order valence-corrected chi connectivity index (χ4v) is 2.74. The van der Waals surface area contributed by atoms with E-state index in [9.17, 15) is 9.90 Å². The van der Waals surface area contributed by atoms with Gasteiger partial charge >= 0.3 is 0 Å². The molecule has 0 fully saturated rings. The number of phenols is 1. The van der Waals surface area contributed by atoms with E-state index in [0.29, 0.717) is 23.1 Å². The number of halogens is 1. The average Bonchev–Trinajstić information content (AvgIpc) is 2.52. The lowest BCUT2D eigenvalue weighted by atomic mass is 10.0. The SMILES string of the molecule is C=CCc1c(O)cc(Cl)c2c(=O)c(-c3ccccc3)coc12. The van der Waals surface area contributed by atoms with E-state index in [1.54, 1.807) is 6.08 Å². The van der Waals surface area contributed by atoms with E-state index in [2.05, 4.69) is 6.58 Å². The van der Waals surface area contributed by atoms with Crippen LogP contribution in [0.4, 0.5) is 0 Å². The smallest absolute Gasteiger partial charge is 0.202 e. The van der Waals surface area contributed by atoms with Crippen LogP contribution in [0.1, 0.15) is 5.56 Å². The highest BCUT2D eigenvalue weighted by atomic mass is 35.5. The molecular weight excluding hydrogens is 300 g/mol. The summed E-state index contributed by atoms with van der Waals surface area (Å²) in [5.74, 6) is -0.00647. The highest BCUT2D eigenvalue weighted by molar-refractivity contribution is 6.35. The van der Waals surface area contributed by atoms with E-state index in [0.717, 1.165) is 5.56 Å². The van der Waals surface area contributed by atoms with Gasteiger partial charge in [-0.2, -0.15) is 0 Å². The molecule has 3 rings (SSSR count). The number of allylic oxidation sites excluding steroid dienone is 1. The fourth-order valence-electron chi connectivity index (χ4n) is 2.46. The minimum Gasteiger partial charge on any atom is -0.507 e. The normalized spacial score (nSPS) is 10.8. The Kier molecular flexibility index (Phi) is 3.73. The lowest BCUT2D eigenvalue weighted by molar-refractivity contribution is 0.468. The molecule has 1 aromatic heterocycles. The summed E-state index contributed by atoms with van der Waals surface area (Å²) >= 11 is 6.15. The first-order valence-electron chi connectivity index (χ1n) is 6.75. The van der Waals surface area contributed by atoms with Crippen LogP contribution in [0.25, 0.3) is 22.1 Å². The molecule has 1 heterocycles. The molecule has 0 amide bonds. The van der Waals surface area contributed by atoms with Gasteiger partial charge in [0.1, 0.15) is 17.6 Å². The topological polar surface area (TPSA) is 50.4 Å². The molecule has 0 aliphatic carbocycles. The maximum absolute atomic E-state index is 12.8. The molecule has 0 spiro atoms. The first kappa shape index (κ1) is 14.4. The van der Waals surface area contributed by atoms with Crippen LogP contribution in [-0.2, 0) is 6.42 Å². The number of hydrogen-bond acceptors (Lipinski definition) is 3. The zero-order valence-corrected chi connectivity index (χ0v) is 12.4. The van der Waals surface area contributed by atoms with Gasteiger partial charge in [0.05, 0.1) is 16.0 Å². The van der Waals surface area contributed by atoms with E-state index in [-0.39, 0.29) is 21.6 Å². The Labute approximate surface area is 132 Å². The molecule has 1 N–H and O–H groups in total. The van der Waals surface area contributed by atoms with Crippen molar-refractivity contribution in [1.82, 2.24) is 0 Å². The average molecular weight is 313 g/mol. The summed E-state index contributed by atoms with van der Waals surface area (Å²) in [6.07, 6.45) is 3.42. The largest absolute Gasteiger partial charge is 0.507 e. The molecule has 22 heavy (non-hydrogen) atoms. The molecule has 0 aliphatic heterocycles. The molecule has 0 bridgehead atoms. The summed E-state index contributed by atoms with van der Waals surface area (Å²) in [5, 5.41) is 10.5. The van der Waals surface area contributed by atoms with Gasteiger partial charge in [-0.3, -0.25) is 4.79 Å². The molecule has 0 atom stereocenters. The maximum Gasteiger partial charge on any atom is 0.202 e. The first-order valence-corrected chi connectivity index (χ1v) is 7.13. The molecular formula is C18H13ClO3. The summed E-state index contributed by atoms with van der Waals surface area (Å²) in [6.45, 7) is 3.65. The summed E-state index contributed by atoms with van der Waals surface area (Å²) in [4.78, 5) is 12.8. The zero-order valence-electron chi connectivity index (χ0n) is 11.7. The van der Waals surface area contributed by atoms with Crippen LogP contribution in [0, 0.1) is 0 Å². The summed E-state index contributed by atoms with van der Waals surface area (Å²) in [6, 6.07) is 10.6. The monoisotopic (exact) mass is 312 g/mol. The van der Waals surface area contributed by atoms with Crippen LogP contribution >= 0.6 is 11.6 Å². The number of aromatic hydroxyl groups is 1. The fraction of sp³-hybridized carbons (Fsp3) is 0.0556. The molecule has 110 valence electrons.